The predicted octanol–water partition coefficient (Wildman–Crippen LogP) is 13.5. The molecule has 0 N–H and O–H groups in total. The summed E-state index contributed by atoms with van der Waals surface area (Å²) >= 11 is 0. The van der Waals surface area contributed by atoms with Gasteiger partial charge in [-0.2, -0.15) is 0 Å². The Morgan fingerprint density at radius 3 is 1.48 bits per heavy atom. The van der Waals surface area contributed by atoms with Crippen molar-refractivity contribution >= 4 is 65.0 Å². The van der Waals surface area contributed by atoms with Gasteiger partial charge < -0.3 is 9.13 Å². The summed E-state index contributed by atoms with van der Waals surface area (Å²) in [7, 11) is 0. The molecule has 0 bridgehead atoms. The average molecular weight is 661 g/mol. The molecule has 2 aromatic heterocycles. The van der Waals surface area contributed by atoms with Gasteiger partial charge in [0.2, 0.25) is 0 Å². The maximum absolute atomic E-state index is 2.42. The summed E-state index contributed by atoms with van der Waals surface area (Å²) < 4.78 is 4.70. The molecule has 0 spiro atoms. The van der Waals surface area contributed by atoms with Gasteiger partial charge in [-0.25, -0.2) is 0 Å². The van der Waals surface area contributed by atoms with Crippen molar-refractivity contribution in [2.24, 2.45) is 0 Å². The topological polar surface area (TPSA) is 9.86 Å². The first-order valence-corrected chi connectivity index (χ1v) is 17.9. The molecule has 242 valence electrons. The highest BCUT2D eigenvalue weighted by Crippen LogP contribution is 2.40. The Hall–Kier alpha value is -6.90. The van der Waals surface area contributed by atoms with Crippen LogP contribution < -0.4 is 0 Å². The van der Waals surface area contributed by atoms with Gasteiger partial charge in [-0.3, -0.25) is 0 Å². The Bertz CT molecular complexity index is 3130. The first kappa shape index (κ1) is 28.9. The van der Waals surface area contributed by atoms with Crippen molar-refractivity contribution < 1.29 is 0 Å². The third-order valence-corrected chi connectivity index (χ3v) is 10.9. The van der Waals surface area contributed by atoms with E-state index in [2.05, 4.69) is 203 Å². The molecular formula is C50H32N2. The van der Waals surface area contributed by atoms with E-state index in [1.807, 2.05) is 0 Å². The molecular weight excluding hydrogens is 629 g/mol. The molecule has 0 aliphatic rings. The van der Waals surface area contributed by atoms with Crippen LogP contribution >= 0.6 is 0 Å². The van der Waals surface area contributed by atoms with Crippen LogP contribution in [0.5, 0.6) is 0 Å². The predicted molar refractivity (Wildman–Crippen MR) is 221 cm³/mol. The van der Waals surface area contributed by atoms with Crippen LogP contribution in [-0.2, 0) is 0 Å². The largest absolute Gasteiger partial charge is 0.316 e. The van der Waals surface area contributed by atoms with E-state index in [0.29, 0.717) is 0 Å². The Labute approximate surface area is 301 Å². The third-order valence-electron chi connectivity index (χ3n) is 10.9. The fourth-order valence-corrected chi connectivity index (χ4v) is 8.44. The minimum atomic E-state index is 1.15. The molecule has 2 heterocycles. The lowest BCUT2D eigenvalue weighted by atomic mass is 9.90. The molecule has 11 aromatic rings. The molecule has 0 atom stereocenters. The van der Waals surface area contributed by atoms with Gasteiger partial charge in [0, 0.05) is 33.7 Å². The van der Waals surface area contributed by atoms with Gasteiger partial charge in [-0.05, 0) is 115 Å². The average Bonchev–Trinajstić information content (AvgIpc) is 3.79. The summed E-state index contributed by atoms with van der Waals surface area (Å²) in [6, 6.07) is 68.8. The smallest absolute Gasteiger partial charge is 0.0562 e. The standard InChI is InChI=1S/C50H32N2/c1-3-11-33(12-4-1)35-21-25-42-43-26-22-36(30-46(43)41-16-8-7-15-40(41)45(42)29-35)34-19-23-39(24-20-34)52-48-18-10-9-17-44(48)47-31-37-27-28-51(49(37)32-50(47)52)38-13-5-2-6-14-38/h1-32H. The first-order chi connectivity index (χ1) is 25.8. The van der Waals surface area contributed by atoms with Gasteiger partial charge in [0.1, 0.15) is 0 Å². The fraction of sp³-hybridized carbons (Fsp3) is 0. The molecule has 0 amide bonds. The summed E-state index contributed by atoms with van der Waals surface area (Å²) in [5.74, 6) is 0. The maximum atomic E-state index is 2.42. The molecule has 0 saturated carbocycles. The Kier molecular flexibility index (Phi) is 6.28. The van der Waals surface area contributed by atoms with Crippen molar-refractivity contribution in [3.05, 3.63) is 194 Å². The number of nitrogens with zero attached hydrogens (tertiary/aromatic N) is 2. The van der Waals surface area contributed by atoms with Crippen LogP contribution in [0.1, 0.15) is 0 Å². The summed E-state index contributed by atoms with van der Waals surface area (Å²) in [4.78, 5) is 0. The number of hydrogen-bond acceptors (Lipinski definition) is 0. The zero-order chi connectivity index (χ0) is 34.2. The molecule has 52 heavy (non-hydrogen) atoms. The van der Waals surface area contributed by atoms with Crippen molar-refractivity contribution in [3.63, 3.8) is 0 Å². The fourth-order valence-electron chi connectivity index (χ4n) is 8.44. The summed E-state index contributed by atoms with van der Waals surface area (Å²) in [6.45, 7) is 0. The van der Waals surface area contributed by atoms with E-state index in [0.717, 1.165) is 11.4 Å². The van der Waals surface area contributed by atoms with Gasteiger partial charge in [0.15, 0.2) is 0 Å². The highest BCUT2D eigenvalue weighted by molar-refractivity contribution is 6.26. The van der Waals surface area contributed by atoms with Crippen LogP contribution in [-0.4, -0.2) is 9.13 Å². The molecule has 11 rings (SSSR count). The van der Waals surface area contributed by atoms with Gasteiger partial charge in [0.05, 0.1) is 16.6 Å². The second-order valence-electron chi connectivity index (χ2n) is 13.8. The number of rotatable bonds is 4. The highest BCUT2D eigenvalue weighted by Gasteiger charge is 2.16. The quantitative estimate of drug-likeness (QED) is 0.166. The van der Waals surface area contributed by atoms with Crippen molar-refractivity contribution in [1.82, 2.24) is 9.13 Å². The van der Waals surface area contributed by atoms with E-state index in [-0.39, 0.29) is 0 Å². The Morgan fingerprint density at radius 2 is 0.808 bits per heavy atom. The molecule has 0 radical (unpaired) electrons. The van der Waals surface area contributed by atoms with Crippen LogP contribution in [0.15, 0.2) is 194 Å². The second kappa shape index (κ2) is 11.3. The van der Waals surface area contributed by atoms with Crippen molar-refractivity contribution in [3.8, 4) is 33.6 Å². The number of hydrogen-bond donors (Lipinski definition) is 0. The van der Waals surface area contributed by atoms with Crippen LogP contribution in [0.2, 0.25) is 0 Å². The number of benzene rings is 9. The summed E-state index contributed by atoms with van der Waals surface area (Å²) in [5.41, 5.74) is 10.8. The molecule has 0 fully saturated rings. The molecule has 0 saturated heterocycles. The minimum absolute atomic E-state index is 1.15. The monoisotopic (exact) mass is 660 g/mol. The molecule has 0 unspecified atom stereocenters. The normalized spacial score (nSPS) is 11.8. The maximum Gasteiger partial charge on any atom is 0.0562 e. The number of aromatic nitrogens is 2. The molecule has 2 heteroatoms. The SMILES string of the molecule is c1ccc(-c2ccc3c4ccc(-c5ccc(-n6c7ccccc7c7cc8ccn(-c9ccccc9)c8cc76)cc5)cc4c4ccccc4c3c2)cc1. The van der Waals surface area contributed by atoms with E-state index in [1.165, 1.54) is 87.3 Å². The van der Waals surface area contributed by atoms with Crippen molar-refractivity contribution in [2.45, 2.75) is 0 Å². The van der Waals surface area contributed by atoms with Crippen LogP contribution in [0.25, 0.3) is 98.7 Å². The van der Waals surface area contributed by atoms with E-state index in [9.17, 15) is 0 Å². The van der Waals surface area contributed by atoms with Crippen LogP contribution in [0, 0.1) is 0 Å². The van der Waals surface area contributed by atoms with E-state index in [4.69, 9.17) is 0 Å². The van der Waals surface area contributed by atoms with Crippen molar-refractivity contribution in [2.75, 3.05) is 0 Å². The van der Waals surface area contributed by atoms with Gasteiger partial charge in [0.25, 0.3) is 0 Å². The second-order valence-corrected chi connectivity index (χ2v) is 13.8. The van der Waals surface area contributed by atoms with Crippen LogP contribution in [0.3, 0.4) is 0 Å². The highest BCUT2D eigenvalue weighted by atomic mass is 15.0. The lowest BCUT2D eigenvalue weighted by Gasteiger charge is -2.14. The van der Waals surface area contributed by atoms with E-state index < -0.39 is 0 Å². The van der Waals surface area contributed by atoms with E-state index >= 15 is 0 Å². The number of fused-ring (bicyclic) bond motifs is 10. The van der Waals surface area contributed by atoms with Gasteiger partial charge in [-0.1, -0.05) is 127 Å². The zero-order valence-corrected chi connectivity index (χ0v) is 28.4. The first-order valence-electron chi connectivity index (χ1n) is 17.9. The molecule has 9 aromatic carbocycles. The lowest BCUT2D eigenvalue weighted by Crippen LogP contribution is -1.95. The molecule has 0 aliphatic heterocycles. The third kappa shape index (κ3) is 4.38. The van der Waals surface area contributed by atoms with E-state index in [1.54, 1.807) is 0 Å². The molecule has 2 nitrogen and oxygen atoms in total. The lowest BCUT2D eigenvalue weighted by molar-refractivity contribution is 1.12. The molecule has 0 aliphatic carbocycles. The van der Waals surface area contributed by atoms with Crippen molar-refractivity contribution in [1.29, 1.82) is 0 Å². The zero-order valence-electron chi connectivity index (χ0n) is 28.4. The minimum Gasteiger partial charge on any atom is -0.316 e. The summed E-state index contributed by atoms with van der Waals surface area (Å²) in [5, 5.41) is 11.5. The number of para-hydroxylation sites is 2. The Balaban J connectivity index is 1.05. The Morgan fingerprint density at radius 1 is 0.269 bits per heavy atom. The van der Waals surface area contributed by atoms with Gasteiger partial charge >= 0.3 is 0 Å². The summed E-state index contributed by atoms with van der Waals surface area (Å²) in [6.07, 6.45) is 2.18. The van der Waals surface area contributed by atoms with Crippen LogP contribution in [0.4, 0.5) is 0 Å². The van der Waals surface area contributed by atoms with Gasteiger partial charge in [-0.15, -0.1) is 0 Å².